The van der Waals surface area contributed by atoms with Crippen LogP contribution in [0.2, 0.25) is 0 Å². The summed E-state index contributed by atoms with van der Waals surface area (Å²) in [5.74, 6) is 0.278. The van der Waals surface area contributed by atoms with Gasteiger partial charge in [0.05, 0.1) is 25.3 Å². The zero-order valence-corrected chi connectivity index (χ0v) is 15.3. The first-order chi connectivity index (χ1) is 12.7. The second-order valence-electron chi connectivity index (χ2n) is 7.02. The predicted octanol–water partition coefficient (Wildman–Crippen LogP) is 2.80. The predicted molar refractivity (Wildman–Crippen MR) is 95.7 cm³/mol. The van der Waals surface area contributed by atoms with Crippen LogP contribution in [0.3, 0.4) is 0 Å². The summed E-state index contributed by atoms with van der Waals surface area (Å²) in [7, 11) is 1.64. The smallest absolute Gasteiger partial charge is 0.410 e. The molecule has 142 valence electrons. The van der Waals surface area contributed by atoms with Crippen molar-refractivity contribution >= 4 is 11.9 Å². The third kappa shape index (κ3) is 4.62. The summed E-state index contributed by atoms with van der Waals surface area (Å²) in [5.41, 5.74) is 0.963. The van der Waals surface area contributed by atoms with Gasteiger partial charge >= 0.3 is 6.09 Å². The number of carbonyl (C=O) groups is 2. The quantitative estimate of drug-likeness (QED) is 0.699. The van der Waals surface area contributed by atoms with Crippen LogP contribution in [-0.4, -0.2) is 55.8 Å². The topological polar surface area (TPSA) is 65.1 Å². The Hall–Kier alpha value is -1.92. The van der Waals surface area contributed by atoms with Gasteiger partial charge in [-0.2, -0.15) is 0 Å². The number of hydrogen-bond acceptors (Lipinski definition) is 5. The van der Waals surface area contributed by atoms with Crippen LogP contribution in [0, 0.1) is 5.92 Å². The molecule has 2 unspecified atom stereocenters. The van der Waals surface area contributed by atoms with Crippen LogP contribution in [0.1, 0.15) is 31.2 Å². The van der Waals surface area contributed by atoms with E-state index in [1.54, 1.807) is 12.0 Å². The highest BCUT2D eigenvalue weighted by molar-refractivity contribution is 5.81. The molecule has 0 radical (unpaired) electrons. The Labute approximate surface area is 154 Å². The Morgan fingerprint density at radius 3 is 2.50 bits per heavy atom. The summed E-state index contributed by atoms with van der Waals surface area (Å²) < 4.78 is 16.2. The van der Waals surface area contributed by atoms with Gasteiger partial charge in [0.1, 0.15) is 12.4 Å². The molecular weight excluding hydrogens is 334 g/mol. The first-order valence-electron chi connectivity index (χ1n) is 9.27. The van der Waals surface area contributed by atoms with E-state index in [0.29, 0.717) is 39.1 Å². The number of benzene rings is 1. The number of methoxy groups -OCH3 is 1. The molecule has 2 fully saturated rings. The van der Waals surface area contributed by atoms with Gasteiger partial charge in [-0.3, -0.25) is 9.69 Å². The lowest BCUT2D eigenvalue weighted by Crippen LogP contribution is -2.59. The summed E-state index contributed by atoms with van der Waals surface area (Å²) >= 11 is 0. The number of hydrogen-bond donors (Lipinski definition) is 0. The van der Waals surface area contributed by atoms with Crippen LogP contribution in [-0.2, 0) is 25.6 Å². The first kappa shape index (κ1) is 18.9. The van der Waals surface area contributed by atoms with Crippen LogP contribution in [0.15, 0.2) is 30.3 Å². The summed E-state index contributed by atoms with van der Waals surface area (Å²) in [6.07, 6.45) is 2.29. The molecule has 1 aromatic carbocycles. The van der Waals surface area contributed by atoms with E-state index in [4.69, 9.17) is 14.2 Å². The maximum Gasteiger partial charge on any atom is 0.410 e. The van der Waals surface area contributed by atoms with Gasteiger partial charge in [-0.25, -0.2) is 4.79 Å². The molecule has 0 N–H and O–H groups in total. The monoisotopic (exact) mass is 361 g/mol. The average Bonchev–Trinajstić information content (AvgIpc) is 2.66. The van der Waals surface area contributed by atoms with E-state index in [0.717, 1.165) is 12.0 Å². The molecule has 2 atom stereocenters. The van der Waals surface area contributed by atoms with Crippen LogP contribution in [0.4, 0.5) is 4.79 Å². The van der Waals surface area contributed by atoms with E-state index in [-0.39, 0.29) is 36.5 Å². The molecule has 2 aliphatic rings. The van der Waals surface area contributed by atoms with Crippen LogP contribution in [0.5, 0.6) is 0 Å². The number of rotatable bonds is 7. The van der Waals surface area contributed by atoms with E-state index in [1.165, 1.54) is 0 Å². The van der Waals surface area contributed by atoms with Crippen LogP contribution >= 0.6 is 0 Å². The molecule has 2 saturated heterocycles. The van der Waals surface area contributed by atoms with Crippen molar-refractivity contribution in [3.63, 3.8) is 0 Å². The SMILES string of the molecule is COCCCC(=O)C1CC2COCC(C1)N2C(=O)OCc1ccccc1. The van der Waals surface area contributed by atoms with Gasteiger partial charge in [-0.1, -0.05) is 30.3 Å². The van der Waals surface area contributed by atoms with Gasteiger partial charge in [-0.15, -0.1) is 0 Å². The van der Waals surface area contributed by atoms with Crippen molar-refractivity contribution in [1.82, 2.24) is 4.90 Å². The van der Waals surface area contributed by atoms with Gasteiger partial charge in [-0.05, 0) is 24.8 Å². The number of piperidine rings is 1. The van der Waals surface area contributed by atoms with Gasteiger partial charge < -0.3 is 14.2 Å². The number of fused-ring (bicyclic) bond motifs is 2. The highest BCUT2D eigenvalue weighted by atomic mass is 16.6. The molecule has 0 saturated carbocycles. The van der Waals surface area contributed by atoms with E-state index >= 15 is 0 Å². The van der Waals surface area contributed by atoms with Crippen molar-refractivity contribution in [3.05, 3.63) is 35.9 Å². The van der Waals surface area contributed by atoms with E-state index in [9.17, 15) is 9.59 Å². The number of amides is 1. The fraction of sp³-hybridized carbons (Fsp3) is 0.600. The molecule has 2 bridgehead atoms. The summed E-state index contributed by atoms with van der Waals surface area (Å²) in [4.78, 5) is 26.9. The molecule has 1 amide bonds. The molecule has 6 heteroatoms. The van der Waals surface area contributed by atoms with E-state index in [2.05, 4.69) is 0 Å². The summed E-state index contributed by atoms with van der Waals surface area (Å²) in [6, 6.07) is 9.48. The molecular formula is C20H27NO5. The fourth-order valence-electron chi connectivity index (χ4n) is 3.86. The second-order valence-corrected chi connectivity index (χ2v) is 7.02. The second kappa shape index (κ2) is 9.14. The van der Waals surface area contributed by atoms with Crippen molar-refractivity contribution in [2.75, 3.05) is 26.9 Å². The highest BCUT2D eigenvalue weighted by Crippen LogP contribution is 2.33. The van der Waals surface area contributed by atoms with Crippen molar-refractivity contribution in [1.29, 1.82) is 0 Å². The maximum absolute atomic E-state index is 12.6. The zero-order chi connectivity index (χ0) is 18.4. The molecule has 6 nitrogen and oxygen atoms in total. The van der Waals surface area contributed by atoms with E-state index in [1.807, 2.05) is 30.3 Å². The number of nitrogens with zero attached hydrogens (tertiary/aromatic N) is 1. The number of carbonyl (C=O) groups excluding carboxylic acids is 2. The lowest BCUT2D eigenvalue weighted by molar-refractivity contribution is -0.131. The number of morpholine rings is 1. The lowest BCUT2D eigenvalue weighted by Gasteiger charge is -2.47. The van der Waals surface area contributed by atoms with Gasteiger partial charge in [0.2, 0.25) is 0 Å². The minimum atomic E-state index is -0.308. The zero-order valence-electron chi connectivity index (χ0n) is 15.3. The van der Waals surface area contributed by atoms with Crippen LogP contribution < -0.4 is 0 Å². The van der Waals surface area contributed by atoms with Gasteiger partial charge in [0.15, 0.2) is 0 Å². The Balaban J connectivity index is 1.56. The minimum absolute atomic E-state index is 0.00364. The normalized spacial score (nSPS) is 25.0. The molecule has 26 heavy (non-hydrogen) atoms. The molecule has 3 rings (SSSR count). The number of Topliss-reactive ketones (excluding diaryl/α,β-unsaturated/α-hetero) is 1. The molecule has 2 heterocycles. The third-order valence-corrected chi connectivity index (χ3v) is 5.16. The molecule has 0 aromatic heterocycles. The average molecular weight is 361 g/mol. The number of ketones is 1. The first-order valence-corrected chi connectivity index (χ1v) is 9.27. The minimum Gasteiger partial charge on any atom is -0.445 e. The molecule has 1 aromatic rings. The Bertz CT molecular complexity index is 591. The van der Waals surface area contributed by atoms with Crippen LogP contribution in [0.25, 0.3) is 0 Å². The van der Waals surface area contributed by atoms with Crippen molar-refractivity contribution in [3.8, 4) is 0 Å². The summed E-state index contributed by atoms with van der Waals surface area (Å²) in [6.45, 7) is 1.81. The Morgan fingerprint density at radius 2 is 1.85 bits per heavy atom. The largest absolute Gasteiger partial charge is 0.445 e. The maximum atomic E-state index is 12.6. The highest BCUT2D eigenvalue weighted by Gasteiger charge is 2.44. The third-order valence-electron chi connectivity index (χ3n) is 5.16. The van der Waals surface area contributed by atoms with Gasteiger partial charge in [0.25, 0.3) is 0 Å². The van der Waals surface area contributed by atoms with Crippen molar-refractivity contribution in [2.24, 2.45) is 5.92 Å². The van der Waals surface area contributed by atoms with Crippen molar-refractivity contribution in [2.45, 2.75) is 44.4 Å². The lowest BCUT2D eigenvalue weighted by atomic mass is 9.81. The van der Waals surface area contributed by atoms with Gasteiger partial charge in [0, 0.05) is 26.1 Å². The van der Waals surface area contributed by atoms with Crippen molar-refractivity contribution < 1.29 is 23.8 Å². The molecule has 0 aliphatic carbocycles. The number of ether oxygens (including phenoxy) is 3. The molecule has 2 aliphatic heterocycles. The molecule has 0 spiro atoms. The Morgan fingerprint density at radius 1 is 1.15 bits per heavy atom. The fourth-order valence-corrected chi connectivity index (χ4v) is 3.86. The summed E-state index contributed by atoms with van der Waals surface area (Å²) in [5, 5.41) is 0. The van der Waals surface area contributed by atoms with E-state index < -0.39 is 0 Å². The standard InChI is InChI=1S/C20H27NO5/c1-24-9-5-8-19(22)16-10-17-13-25-14-18(11-16)21(17)20(23)26-12-15-6-3-2-4-7-15/h2-4,6-7,16-18H,5,8-14H2,1H3. The Kier molecular flexibility index (Phi) is 6.63.